The summed E-state index contributed by atoms with van der Waals surface area (Å²) in [6.45, 7) is 0.780. The summed E-state index contributed by atoms with van der Waals surface area (Å²) in [5.74, 6) is 0.527. The van der Waals surface area contributed by atoms with Gasteiger partial charge in [-0.2, -0.15) is 0 Å². The first-order valence-electron chi connectivity index (χ1n) is 8.93. The maximum atomic E-state index is 6.25. The van der Waals surface area contributed by atoms with Crippen LogP contribution >= 0.6 is 23.8 Å². The lowest BCUT2D eigenvalue weighted by Crippen LogP contribution is -2.43. The zero-order valence-corrected chi connectivity index (χ0v) is 16.5. The minimum atomic E-state index is 0.0634. The molecule has 1 aromatic heterocycles. The van der Waals surface area contributed by atoms with Gasteiger partial charge in [0.25, 0.3) is 0 Å². The highest BCUT2D eigenvalue weighted by Crippen LogP contribution is 2.39. The van der Waals surface area contributed by atoms with Crippen molar-refractivity contribution in [2.75, 3.05) is 19.0 Å². The second-order valence-electron chi connectivity index (χ2n) is 6.72. The molecule has 3 rings (SSSR count). The Bertz CT molecular complexity index is 762. The average Bonchev–Trinajstić information content (AvgIpc) is 2.67. The van der Waals surface area contributed by atoms with Crippen molar-refractivity contribution in [2.24, 2.45) is 0 Å². The molecule has 0 unspecified atom stereocenters. The quantitative estimate of drug-likeness (QED) is 0.710. The van der Waals surface area contributed by atoms with Gasteiger partial charge >= 0.3 is 0 Å². The lowest BCUT2D eigenvalue weighted by molar-refractivity contribution is 0.292. The predicted molar refractivity (Wildman–Crippen MR) is 111 cm³/mol. The van der Waals surface area contributed by atoms with E-state index >= 15 is 0 Å². The second-order valence-corrected chi connectivity index (χ2v) is 7.56. The van der Waals surface area contributed by atoms with Gasteiger partial charge in [0, 0.05) is 23.2 Å². The molecule has 1 aliphatic rings. The van der Waals surface area contributed by atoms with Crippen molar-refractivity contribution in [1.82, 2.24) is 10.3 Å². The number of nitrogens with one attached hydrogen (secondary N) is 2. The molecular weight excluding hydrogens is 366 g/mol. The van der Waals surface area contributed by atoms with Gasteiger partial charge < -0.3 is 15.4 Å². The largest absolute Gasteiger partial charge is 0.480 e. The highest BCUT2D eigenvalue weighted by Gasteiger charge is 2.34. The molecule has 1 heterocycles. The molecule has 6 heteroatoms. The minimum Gasteiger partial charge on any atom is -0.480 e. The number of ether oxygens (including phenoxy) is 1. The van der Waals surface area contributed by atoms with Crippen LogP contribution in [0.15, 0.2) is 42.6 Å². The van der Waals surface area contributed by atoms with Gasteiger partial charge in [0.1, 0.15) is 5.69 Å². The molecule has 0 radical (unpaired) electrons. The Morgan fingerprint density at radius 2 is 2.04 bits per heavy atom. The number of pyridine rings is 1. The summed E-state index contributed by atoms with van der Waals surface area (Å²) in [5, 5.41) is 7.95. The molecule has 2 N–H and O–H groups in total. The van der Waals surface area contributed by atoms with Gasteiger partial charge in [-0.25, -0.2) is 4.98 Å². The number of hydrogen-bond acceptors (Lipinski definition) is 3. The van der Waals surface area contributed by atoms with Gasteiger partial charge in [-0.3, -0.25) is 0 Å². The van der Waals surface area contributed by atoms with E-state index in [0.29, 0.717) is 11.0 Å². The number of halogens is 1. The van der Waals surface area contributed by atoms with Crippen LogP contribution in [0.25, 0.3) is 0 Å². The van der Waals surface area contributed by atoms with Crippen molar-refractivity contribution in [3.05, 3.63) is 53.2 Å². The molecule has 0 amide bonds. The van der Waals surface area contributed by atoms with Crippen molar-refractivity contribution in [3.63, 3.8) is 0 Å². The van der Waals surface area contributed by atoms with E-state index in [2.05, 4.69) is 27.8 Å². The maximum Gasteiger partial charge on any atom is 0.237 e. The number of methoxy groups -OCH3 is 1. The number of nitrogens with zero attached hydrogens (tertiary/aromatic N) is 1. The van der Waals surface area contributed by atoms with Gasteiger partial charge in [0.05, 0.1) is 7.11 Å². The molecule has 1 fully saturated rings. The Morgan fingerprint density at radius 1 is 1.23 bits per heavy atom. The smallest absolute Gasteiger partial charge is 0.237 e. The molecule has 0 saturated heterocycles. The number of rotatable bonds is 5. The van der Waals surface area contributed by atoms with Crippen LogP contribution in [0.5, 0.6) is 5.88 Å². The van der Waals surface area contributed by atoms with Crippen LogP contribution in [0.2, 0.25) is 5.02 Å². The fourth-order valence-corrected chi connectivity index (χ4v) is 4.05. The molecular formula is C20H24ClN3OS. The third kappa shape index (κ3) is 4.46. The summed E-state index contributed by atoms with van der Waals surface area (Å²) < 4.78 is 5.27. The molecule has 0 bridgehead atoms. The van der Waals surface area contributed by atoms with Crippen molar-refractivity contribution in [1.29, 1.82) is 0 Å². The Kier molecular flexibility index (Phi) is 6.33. The van der Waals surface area contributed by atoms with E-state index < -0.39 is 0 Å². The van der Waals surface area contributed by atoms with Gasteiger partial charge in [0.2, 0.25) is 5.88 Å². The second kappa shape index (κ2) is 8.69. The summed E-state index contributed by atoms with van der Waals surface area (Å²) in [5.41, 5.74) is 2.11. The molecule has 1 aromatic carbocycles. The molecule has 0 aliphatic heterocycles. The van der Waals surface area contributed by atoms with E-state index in [0.717, 1.165) is 30.1 Å². The first kappa shape index (κ1) is 18.9. The van der Waals surface area contributed by atoms with E-state index in [-0.39, 0.29) is 5.41 Å². The third-order valence-electron chi connectivity index (χ3n) is 5.05. The molecule has 0 spiro atoms. The van der Waals surface area contributed by atoms with Crippen molar-refractivity contribution >= 4 is 34.6 Å². The topological polar surface area (TPSA) is 46.2 Å². The number of hydrogen-bond donors (Lipinski definition) is 2. The average molecular weight is 390 g/mol. The summed E-state index contributed by atoms with van der Waals surface area (Å²) in [6, 6.07) is 12.0. The van der Waals surface area contributed by atoms with E-state index in [1.165, 1.54) is 24.8 Å². The Morgan fingerprint density at radius 3 is 2.77 bits per heavy atom. The van der Waals surface area contributed by atoms with Gasteiger partial charge in [0.15, 0.2) is 5.11 Å². The van der Waals surface area contributed by atoms with Gasteiger partial charge in [-0.15, -0.1) is 0 Å². The number of thiocarbonyl (C=S) groups is 1. The highest BCUT2D eigenvalue weighted by molar-refractivity contribution is 7.80. The van der Waals surface area contributed by atoms with Crippen LogP contribution < -0.4 is 15.4 Å². The van der Waals surface area contributed by atoms with Crippen molar-refractivity contribution in [2.45, 2.75) is 37.5 Å². The third-order valence-corrected chi connectivity index (χ3v) is 5.53. The lowest BCUT2D eigenvalue weighted by atomic mass is 9.69. The van der Waals surface area contributed by atoms with Gasteiger partial charge in [-0.05, 0) is 54.9 Å². The molecule has 1 aliphatic carbocycles. The summed E-state index contributed by atoms with van der Waals surface area (Å²) in [4.78, 5) is 4.18. The van der Waals surface area contributed by atoms with Crippen LogP contribution in [0.4, 0.5) is 5.69 Å². The molecule has 1 saturated carbocycles. The SMILES string of the molecule is COc1ncccc1NC(=S)NCC1(c2cccc(Cl)c2)CCCCC1. The van der Waals surface area contributed by atoms with Crippen molar-refractivity contribution in [3.8, 4) is 5.88 Å². The van der Waals surface area contributed by atoms with Crippen molar-refractivity contribution < 1.29 is 4.74 Å². The zero-order chi connectivity index (χ0) is 18.4. The molecule has 138 valence electrons. The van der Waals surface area contributed by atoms with E-state index in [1.54, 1.807) is 13.3 Å². The molecule has 0 atom stereocenters. The summed E-state index contributed by atoms with van der Waals surface area (Å²) in [6.07, 6.45) is 7.71. The van der Waals surface area contributed by atoms with E-state index in [1.807, 2.05) is 24.3 Å². The van der Waals surface area contributed by atoms with Crippen LogP contribution in [0.3, 0.4) is 0 Å². The standard InChI is InChI=1S/C20H24ClN3OS/c1-25-18-17(9-6-12-22-18)24-19(26)23-14-20(10-3-2-4-11-20)15-7-5-8-16(21)13-15/h5-9,12-13H,2-4,10-11,14H2,1H3,(H2,23,24,26). The minimum absolute atomic E-state index is 0.0634. The monoisotopic (exact) mass is 389 g/mol. The number of anilines is 1. The van der Waals surface area contributed by atoms with Crippen LogP contribution in [-0.4, -0.2) is 23.8 Å². The normalized spacial score (nSPS) is 15.9. The summed E-state index contributed by atoms with van der Waals surface area (Å²) >= 11 is 11.8. The Hall–Kier alpha value is -1.85. The zero-order valence-electron chi connectivity index (χ0n) is 14.9. The van der Waals surface area contributed by atoms with Crippen LogP contribution in [0.1, 0.15) is 37.7 Å². The maximum absolute atomic E-state index is 6.25. The summed E-state index contributed by atoms with van der Waals surface area (Å²) in [7, 11) is 1.60. The first-order chi connectivity index (χ1) is 12.6. The van der Waals surface area contributed by atoms with E-state index in [4.69, 9.17) is 28.6 Å². The van der Waals surface area contributed by atoms with Crippen LogP contribution in [0, 0.1) is 0 Å². The molecule has 2 aromatic rings. The van der Waals surface area contributed by atoms with Crippen LogP contribution in [-0.2, 0) is 5.41 Å². The number of benzene rings is 1. The fraction of sp³-hybridized carbons (Fsp3) is 0.400. The van der Waals surface area contributed by atoms with E-state index in [9.17, 15) is 0 Å². The fourth-order valence-electron chi connectivity index (χ4n) is 3.68. The highest BCUT2D eigenvalue weighted by atomic mass is 35.5. The lowest BCUT2D eigenvalue weighted by Gasteiger charge is -2.38. The first-order valence-corrected chi connectivity index (χ1v) is 9.71. The predicted octanol–water partition coefficient (Wildman–Crippen LogP) is 4.93. The van der Waals surface area contributed by atoms with Gasteiger partial charge in [-0.1, -0.05) is 43.0 Å². The molecule has 4 nitrogen and oxygen atoms in total. The Balaban J connectivity index is 1.71. The Labute approximate surface area is 165 Å². The number of aromatic nitrogens is 1. The molecule has 26 heavy (non-hydrogen) atoms.